The summed E-state index contributed by atoms with van der Waals surface area (Å²) < 4.78 is 0. The lowest BCUT2D eigenvalue weighted by Crippen LogP contribution is -2.40. The molecule has 1 aromatic carbocycles. The van der Waals surface area contributed by atoms with Gasteiger partial charge in [0.1, 0.15) is 0 Å². The molecule has 0 aliphatic rings. The summed E-state index contributed by atoms with van der Waals surface area (Å²) in [4.78, 5) is 11.9. The third-order valence-corrected chi connectivity index (χ3v) is 3.56. The van der Waals surface area contributed by atoms with Crippen molar-refractivity contribution in [1.29, 1.82) is 0 Å². The number of aliphatic hydroxyl groups is 1. The molecule has 0 heterocycles. The molecule has 0 radical (unpaired) electrons. The van der Waals surface area contributed by atoms with Crippen LogP contribution in [0, 0.1) is 13.8 Å². The molecule has 0 aliphatic carbocycles. The highest BCUT2D eigenvalue weighted by Crippen LogP contribution is 2.16. The van der Waals surface area contributed by atoms with Crippen LogP contribution >= 0.6 is 11.8 Å². The van der Waals surface area contributed by atoms with Crippen molar-refractivity contribution in [1.82, 2.24) is 5.32 Å². The van der Waals surface area contributed by atoms with Gasteiger partial charge in [-0.15, -0.1) is 0 Å². The summed E-state index contributed by atoms with van der Waals surface area (Å²) in [5.41, 5.74) is 2.96. The first-order chi connectivity index (χ1) is 9.06. The minimum Gasteiger partial charge on any atom is -0.396 e. The van der Waals surface area contributed by atoms with Crippen LogP contribution < -0.4 is 10.6 Å². The van der Waals surface area contributed by atoms with E-state index in [2.05, 4.69) is 10.6 Å². The van der Waals surface area contributed by atoms with E-state index in [9.17, 15) is 4.79 Å². The first kappa shape index (κ1) is 15.9. The average molecular weight is 282 g/mol. The van der Waals surface area contributed by atoms with Gasteiger partial charge in [0.25, 0.3) is 0 Å². The van der Waals surface area contributed by atoms with Crippen molar-refractivity contribution in [2.24, 2.45) is 0 Å². The van der Waals surface area contributed by atoms with E-state index in [1.165, 1.54) is 0 Å². The van der Waals surface area contributed by atoms with E-state index in [1.54, 1.807) is 11.8 Å². The van der Waals surface area contributed by atoms with Crippen LogP contribution in [0.3, 0.4) is 0 Å². The van der Waals surface area contributed by atoms with Crippen molar-refractivity contribution < 1.29 is 9.90 Å². The van der Waals surface area contributed by atoms with Crippen molar-refractivity contribution in [3.05, 3.63) is 29.3 Å². The zero-order valence-corrected chi connectivity index (χ0v) is 12.5. The fourth-order valence-corrected chi connectivity index (χ4v) is 2.42. The molecule has 4 nitrogen and oxygen atoms in total. The topological polar surface area (TPSA) is 61.4 Å². The maximum absolute atomic E-state index is 11.9. The number of thioether (sulfide) groups is 1. The fraction of sp³-hybridized carbons (Fsp3) is 0.500. The smallest absolute Gasteiger partial charge is 0.319 e. The Balaban J connectivity index is 2.60. The van der Waals surface area contributed by atoms with Crippen molar-refractivity contribution in [3.8, 4) is 0 Å². The number of urea groups is 1. The molecule has 0 saturated heterocycles. The number of aliphatic hydroxyl groups excluding tert-OH is 1. The molecule has 0 aliphatic heterocycles. The number of benzene rings is 1. The third-order valence-electron chi connectivity index (χ3n) is 2.82. The zero-order valence-electron chi connectivity index (χ0n) is 11.7. The molecule has 3 N–H and O–H groups in total. The van der Waals surface area contributed by atoms with Gasteiger partial charge in [0.05, 0.1) is 0 Å². The summed E-state index contributed by atoms with van der Waals surface area (Å²) in [6.07, 6.45) is 2.55. The SMILES string of the molecule is CSC[C@H](CCO)NC(=O)Nc1cc(C)ccc1C. The molecule has 0 saturated carbocycles. The van der Waals surface area contributed by atoms with Crippen LogP contribution in [0.2, 0.25) is 0 Å². The quantitative estimate of drug-likeness (QED) is 0.751. The molecule has 0 spiro atoms. The molecule has 0 aromatic heterocycles. The molecule has 1 rings (SSSR count). The number of anilines is 1. The van der Waals surface area contributed by atoms with Gasteiger partial charge < -0.3 is 15.7 Å². The van der Waals surface area contributed by atoms with Crippen LogP contribution in [0.5, 0.6) is 0 Å². The highest BCUT2D eigenvalue weighted by atomic mass is 32.2. The predicted octanol–water partition coefficient (Wildman–Crippen LogP) is 2.54. The number of nitrogens with one attached hydrogen (secondary N) is 2. The van der Waals surface area contributed by atoms with Gasteiger partial charge in [-0.2, -0.15) is 11.8 Å². The van der Waals surface area contributed by atoms with Crippen LogP contribution in [0.25, 0.3) is 0 Å². The van der Waals surface area contributed by atoms with E-state index in [0.29, 0.717) is 6.42 Å². The molecule has 5 heteroatoms. The summed E-state index contributed by atoms with van der Waals surface area (Å²) >= 11 is 1.65. The Morgan fingerprint density at radius 3 is 2.79 bits per heavy atom. The van der Waals surface area contributed by atoms with E-state index >= 15 is 0 Å². The average Bonchev–Trinajstić information content (AvgIpc) is 2.34. The molecular formula is C14H22N2O2S. The van der Waals surface area contributed by atoms with Crippen LogP contribution in [0.4, 0.5) is 10.5 Å². The van der Waals surface area contributed by atoms with E-state index in [-0.39, 0.29) is 18.7 Å². The fourth-order valence-electron chi connectivity index (χ4n) is 1.77. The molecule has 0 unspecified atom stereocenters. The number of hydrogen-bond donors (Lipinski definition) is 3. The van der Waals surface area contributed by atoms with Gasteiger partial charge in [-0.05, 0) is 43.7 Å². The molecule has 1 atom stereocenters. The number of carbonyl (C=O) groups excluding carboxylic acids is 1. The zero-order chi connectivity index (χ0) is 14.3. The maximum Gasteiger partial charge on any atom is 0.319 e. The summed E-state index contributed by atoms with van der Waals surface area (Å²) in [6, 6.07) is 5.72. The second-order valence-corrected chi connectivity index (χ2v) is 5.49. The van der Waals surface area contributed by atoms with Crippen molar-refractivity contribution in [2.75, 3.05) is 23.9 Å². The molecule has 106 valence electrons. The number of hydrogen-bond acceptors (Lipinski definition) is 3. The minimum atomic E-state index is -0.221. The van der Waals surface area contributed by atoms with Crippen LogP contribution in [0.15, 0.2) is 18.2 Å². The van der Waals surface area contributed by atoms with Crippen molar-refractivity contribution in [3.63, 3.8) is 0 Å². The lowest BCUT2D eigenvalue weighted by atomic mass is 10.1. The molecule has 1 aromatic rings. The Hall–Kier alpha value is -1.20. The van der Waals surface area contributed by atoms with E-state index in [1.807, 2.05) is 38.3 Å². The maximum atomic E-state index is 11.9. The monoisotopic (exact) mass is 282 g/mol. The Bertz CT molecular complexity index is 418. The Kier molecular flexibility index (Phi) is 6.73. The summed E-state index contributed by atoms with van der Waals surface area (Å²) in [5.74, 6) is 0.792. The van der Waals surface area contributed by atoms with Gasteiger partial charge >= 0.3 is 6.03 Å². The molecule has 0 bridgehead atoms. The van der Waals surface area contributed by atoms with Crippen molar-refractivity contribution >= 4 is 23.5 Å². The Morgan fingerprint density at radius 2 is 2.16 bits per heavy atom. The lowest BCUT2D eigenvalue weighted by molar-refractivity contribution is 0.241. The second kappa shape index (κ2) is 8.07. The standard InChI is InChI=1S/C14H22N2O2S/c1-10-4-5-11(2)13(8-10)16-14(18)15-12(6-7-17)9-19-3/h4-5,8,12,17H,6-7,9H2,1-3H3,(H2,15,16,18)/t12-/m0/s1. The Morgan fingerprint density at radius 1 is 1.42 bits per heavy atom. The number of rotatable bonds is 6. The number of carbonyl (C=O) groups is 1. The highest BCUT2D eigenvalue weighted by molar-refractivity contribution is 7.98. The lowest BCUT2D eigenvalue weighted by Gasteiger charge is -2.18. The first-order valence-electron chi connectivity index (χ1n) is 6.31. The summed E-state index contributed by atoms with van der Waals surface area (Å²) in [7, 11) is 0. The highest BCUT2D eigenvalue weighted by Gasteiger charge is 2.12. The van der Waals surface area contributed by atoms with Crippen LogP contribution in [-0.4, -0.2) is 35.8 Å². The Labute approximate surface area is 119 Å². The van der Waals surface area contributed by atoms with Gasteiger partial charge in [-0.1, -0.05) is 12.1 Å². The summed E-state index contributed by atoms with van der Waals surface area (Å²) in [6.45, 7) is 4.03. The molecule has 2 amide bonds. The molecule has 0 fully saturated rings. The van der Waals surface area contributed by atoms with E-state index in [4.69, 9.17) is 5.11 Å². The van der Waals surface area contributed by atoms with E-state index < -0.39 is 0 Å². The largest absolute Gasteiger partial charge is 0.396 e. The van der Waals surface area contributed by atoms with Gasteiger partial charge in [-0.3, -0.25) is 0 Å². The first-order valence-corrected chi connectivity index (χ1v) is 7.70. The molecular weight excluding hydrogens is 260 g/mol. The normalized spacial score (nSPS) is 12.0. The third kappa shape index (κ3) is 5.53. The predicted molar refractivity (Wildman–Crippen MR) is 81.9 cm³/mol. The summed E-state index contributed by atoms with van der Waals surface area (Å²) in [5, 5.41) is 14.7. The minimum absolute atomic E-state index is 0.00915. The van der Waals surface area contributed by atoms with Crippen LogP contribution in [0.1, 0.15) is 17.5 Å². The van der Waals surface area contributed by atoms with E-state index in [0.717, 1.165) is 22.6 Å². The van der Waals surface area contributed by atoms with Gasteiger partial charge in [-0.25, -0.2) is 4.79 Å². The van der Waals surface area contributed by atoms with Gasteiger partial charge in [0, 0.05) is 24.1 Å². The number of aryl methyl sites for hydroxylation is 2. The second-order valence-electron chi connectivity index (χ2n) is 4.58. The molecule has 19 heavy (non-hydrogen) atoms. The van der Waals surface area contributed by atoms with Gasteiger partial charge in [0.15, 0.2) is 0 Å². The number of amides is 2. The van der Waals surface area contributed by atoms with Crippen molar-refractivity contribution in [2.45, 2.75) is 26.3 Å². The van der Waals surface area contributed by atoms with Gasteiger partial charge in [0.2, 0.25) is 0 Å². The van der Waals surface area contributed by atoms with Crippen LogP contribution in [-0.2, 0) is 0 Å².